The van der Waals surface area contributed by atoms with Crippen molar-refractivity contribution >= 4 is 39.1 Å². The quantitative estimate of drug-likeness (QED) is 0.770. The van der Waals surface area contributed by atoms with Crippen LogP contribution < -0.4 is 0 Å². The first-order valence-corrected chi connectivity index (χ1v) is 9.51. The molecule has 1 unspecified atom stereocenters. The minimum absolute atomic E-state index is 0.0147. The van der Waals surface area contributed by atoms with E-state index >= 15 is 0 Å². The number of likely N-dealkylation sites (tertiary alicyclic amines) is 1. The van der Waals surface area contributed by atoms with Crippen molar-refractivity contribution in [3.63, 3.8) is 0 Å². The number of thiophene rings is 1. The van der Waals surface area contributed by atoms with E-state index in [4.69, 9.17) is 4.42 Å². The normalized spacial score (nSPS) is 17.8. The molecule has 0 radical (unpaired) electrons. The van der Waals surface area contributed by atoms with Crippen LogP contribution in [0.3, 0.4) is 0 Å². The molecule has 1 aliphatic rings. The Kier molecular flexibility index (Phi) is 5.40. The Hall–Kier alpha value is -1.60. The Labute approximate surface area is 153 Å². The van der Waals surface area contributed by atoms with Crippen LogP contribution in [0.15, 0.2) is 38.7 Å². The van der Waals surface area contributed by atoms with Crippen molar-refractivity contribution < 1.29 is 14.0 Å². The van der Waals surface area contributed by atoms with Crippen LogP contribution in [0.25, 0.3) is 0 Å². The Balaban J connectivity index is 1.72. The molecule has 1 fully saturated rings. The number of amides is 2. The van der Waals surface area contributed by atoms with Gasteiger partial charge in [-0.1, -0.05) is 0 Å². The number of furan rings is 1. The van der Waals surface area contributed by atoms with Crippen LogP contribution in [0, 0.1) is 0 Å². The van der Waals surface area contributed by atoms with Gasteiger partial charge in [0.1, 0.15) is 6.04 Å². The van der Waals surface area contributed by atoms with Crippen LogP contribution in [0.5, 0.6) is 0 Å². The molecule has 0 bridgehead atoms. The number of carbonyl (C=O) groups is 2. The third-order valence-corrected chi connectivity index (χ3v) is 5.79. The number of piperidine rings is 1. The fraction of sp³-hybridized carbons (Fsp3) is 0.412. The number of rotatable bonds is 4. The molecule has 2 aromatic rings. The first kappa shape index (κ1) is 17.2. The number of nitrogens with zero attached hydrogens (tertiary/aromatic N) is 2. The first-order valence-electron chi connectivity index (χ1n) is 7.90. The van der Waals surface area contributed by atoms with Crippen molar-refractivity contribution in [3.05, 3.63) is 45.0 Å². The summed E-state index contributed by atoms with van der Waals surface area (Å²) in [6.45, 7) is 1.14. The molecular formula is C17H19BrN2O3S. The summed E-state index contributed by atoms with van der Waals surface area (Å²) in [7, 11) is 1.79. The minimum Gasteiger partial charge on any atom is -0.459 e. The zero-order valence-electron chi connectivity index (χ0n) is 13.4. The highest BCUT2D eigenvalue weighted by atomic mass is 79.9. The van der Waals surface area contributed by atoms with Crippen LogP contribution in [-0.2, 0) is 11.3 Å². The zero-order valence-corrected chi connectivity index (χ0v) is 15.8. The maximum absolute atomic E-state index is 12.9. The van der Waals surface area contributed by atoms with E-state index < -0.39 is 6.04 Å². The number of hydrogen-bond acceptors (Lipinski definition) is 4. The van der Waals surface area contributed by atoms with E-state index in [1.165, 1.54) is 6.26 Å². The van der Waals surface area contributed by atoms with E-state index in [0.29, 0.717) is 25.3 Å². The topological polar surface area (TPSA) is 53.8 Å². The smallest absolute Gasteiger partial charge is 0.290 e. The molecule has 24 heavy (non-hydrogen) atoms. The lowest BCUT2D eigenvalue weighted by molar-refractivity contribution is -0.136. The summed E-state index contributed by atoms with van der Waals surface area (Å²) in [4.78, 5) is 30.0. The second-order valence-electron chi connectivity index (χ2n) is 5.89. The maximum atomic E-state index is 12.9. The van der Waals surface area contributed by atoms with E-state index in [-0.39, 0.29) is 11.8 Å². The number of likely N-dealkylation sites (N-methyl/N-ethyl adjacent to an activating group) is 1. The Morgan fingerprint density at radius 2 is 2.21 bits per heavy atom. The van der Waals surface area contributed by atoms with Gasteiger partial charge in [-0.2, -0.15) is 0 Å². The van der Waals surface area contributed by atoms with Gasteiger partial charge in [-0.05, 0) is 59.5 Å². The second kappa shape index (κ2) is 7.53. The Morgan fingerprint density at radius 1 is 1.38 bits per heavy atom. The summed E-state index contributed by atoms with van der Waals surface area (Å²) in [5.74, 6) is 0.0731. The molecule has 1 atom stereocenters. The van der Waals surface area contributed by atoms with Gasteiger partial charge in [-0.25, -0.2) is 0 Å². The lowest BCUT2D eigenvalue weighted by Gasteiger charge is -2.36. The van der Waals surface area contributed by atoms with Gasteiger partial charge in [0.2, 0.25) is 5.91 Å². The predicted molar refractivity (Wildman–Crippen MR) is 95.9 cm³/mol. The lowest BCUT2D eigenvalue weighted by Crippen LogP contribution is -2.52. The fourth-order valence-corrected chi connectivity index (χ4v) is 4.51. The molecule has 7 heteroatoms. The molecule has 128 valence electrons. The van der Waals surface area contributed by atoms with Crippen molar-refractivity contribution in [2.24, 2.45) is 0 Å². The molecular weight excluding hydrogens is 392 g/mol. The summed E-state index contributed by atoms with van der Waals surface area (Å²) in [5.41, 5.74) is 0. The Bertz CT molecular complexity index is 713. The zero-order chi connectivity index (χ0) is 17.1. The highest BCUT2D eigenvalue weighted by Crippen LogP contribution is 2.25. The third-order valence-electron chi connectivity index (χ3n) is 4.18. The van der Waals surface area contributed by atoms with Crippen molar-refractivity contribution in [1.29, 1.82) is 0 Å². The van der Waals surface area contributed by atoms with Gasteiger partial charge in [0.05, 0.1) is 16.6 Å². The SMILES string of the molecule is CN(Cc1ccc(Br)s1)C(=O)C1CCCCN1C(=O)c1ccco1. The van der Waals surface area contributed by atoms with Crippen LogP contribution in [-0.4, -0.2) is 41.2 Å². The van der Waals surface area contributed by atoms with Gasteiger partial charge < -0.3 is 14.2 Å². The minimum atomic E-state index is -0.412. The molecule has 2 amide bonds. The van der Waals surface area contributed by atoms with E-state index in [1.54, 1.807) is 40.3 Å². The molecule has 3 heterocycles. The van der Waals surface area contributed by atoms with Gasteiger partial charge >= 0.3 is 0 Å². The van der Waals surface area contributed by atoms with Gasteiger partial charge in [0.25, 0.3) is 5.91 Å². The molecule has 1 aliphatic heterocycles. The van der Waals surface area contributed by atoms with Gasteiger partial charge in [-0.3, -0.25) is 9.59 Å². The van der Waals surface area contributed by atoms with Gasteiger partial charge in [-0.15, -0.1) is 11.3 Å². The molecule has 3 rings (SSSR count). The molecule has 0 spiro atoms. The molecule has 0 aliphatic carbocycles. The third kappa shape index (κ3) is 3.72. The molecule has 2 aromatic heterocycles. The molecule has 1 saturated heterocycles. The van der Waals surface area contributed by atoms with Crippen molar-refractivity contribution in [2.75, 3.05) is 13.6 Å². The fourth-order valence-electron chi connectivity index (χ4n) is 2.98. The van der Waals surface area contributed by atoms with Crippen LogP contribution in [0.2, 0.25) is 0 Å². The van der Waals surface area contributed by atoms with Crippen molar-refractivity contribution in [2.45, 2.75) is 31.8 Å². The maximum Gasteiger partial charge on any atom is 0.290 e. The summed E-state index contributed by atoms with van der Waals surface area (Å²) < 4.78 is 6.26. The van der Waals surface area contributed by atoms with Crippen molar-refractivity contribution in [1.82, 2.24) is 9.80 Å². The van der Waals surface area contributed by atoms with Gasteiger partial charge in [0.15, 0.2) is 5.76 Å². The number of hydrogen-bond donors (Lipinski definition) is 0. The van der Waals surface area contributed by atoms with Crippen LogP contribution in [0.1, 0.15) is 34.7 Å². The lowest BCUT2D eigenvalue weighted by atomic mass is 10.0. The van der Waals surface area contributed by atoms with E-state index in [9.17, 15) is 9.59 Å². The second-order valence-corrected chi connectivity index (χ2v) is 8.44. The van der Waals surface area contributed by atoms with Crippen LogP contribution in [0.4, 0.5) is 0 Å². The number of halogens is 1. The summed E-state index contributed by atoms with van der Waals surface area (Å²) >= 11 is 5.05. The summed E-state index contributed by atoms with van der Waals surface area (Å²) in [5, 5.41) is 0. The standard InChI is InChI=1S/C17H19BrN2O3S/c1-19(11-12-7-8-15(18)24-12)16(21)13-5-2-3-9-20(13)17(22)14-6-4-10-23-14/h4,6-8,10,13H,2-3,5,9,11H2,1H3. The largest absolute Gasteiger partial charge is 0.459 e. The first-order chi connectivity index (χ1) is 11.6. The highest BCUT2D eigenvalue weighted by molar-refractivity contribution is 9.11. The summed E-state index contributed by atoms with van der Waals surface area (Å²) in [6.07, 6.45) is 4.05. The van der Waals surface area contributed by atoms with Crippen molar-refractivity contribution in [3.8, 4) is 0 Å². The highest BCUT2D eigenvalue weighted by Gasteiger charge is 2.35. The Morgan fingerprint density at radius 3 is 2.88 bits per heavy atom. The average molecular weight is 411 g/mol. The van der Waals surface area contributed by atoms with Gasteiger partial charge in [0, 0.05) is 18.5 Å². The van der Waals surface area contributed by atoms with E-state index in [2.05, 4.69) is 15.9 Å². The molecule has 0 N–H and O–H groups in total. The van der Waals surface area contributed by atoms with E-state index in [1.807, 2.05) is 12.1 Å². The molecule has 5 nitrogen and oxygen atoms in total. The summed E-state index contributed by atoms with van der Waals surface area (Å²) in [6, 6.07) is 6.90. The van der Waals surface area contributed by atoms with Crippen LogP contribution >= 0.6 is 27.3 Å². The predicted octanol–water partition coefficient (Wildman–Crippen LogP) is 3.76. The number of carbonyl (C=O) groups excluding carboxylic acids is 2. The average Bonchev–Trinajstić information content (AvgIpc) is 3.25. The molecule has 0 aromatic carbocycles. The monoisotopic (exact) mass is 410 g/mol. The molecule has 0 saturated carbocycles. The van der Waals surface area contributed by atoms with E-state index in [0.717, 1.165) is 21.5 Å².